The molecule has 2 fully saturated rings. The normalized spacial score (nSPS) is 27.1. The number of nitrogens with one attached hydrogen (secondary N) is 1. The quantitative estimate of drug-likeness (QED) is 0.917. The second-order valence-corrected chi connectivity index (χ2v) is 8.03. The van der Waals surface area contributed by atoms with Crippen molar-refractivity contribution in [3.05, 3.63) is 34.9 Å². The number of likely N-dealkylation sites (tertiary alicyclic amines) is 1. The second kappa shape index (κ2) is 7.55. The molecule has 1 aromatic rings. The van der Waals surface area contributed by atoms with Crippen molar-refractivity contribution in [2.45, 2.75) is 57.5 Å². The first-order chi connectivity index (χ1) is 11.8. The molecule has 2 atom stereocenters. The summed E-state index contributed by atoms with van der Waals surface area (Å²) in [5, 5.41) is 3.49. The number of aryl methyl sites for hydroxylation is 2. The number of hydrogen-bond acceptors (Lipinski definition) is 3. The number of nitrogens with zero attached hydrogens (tertiary/aromatic N) is 2. The molecular weight excluding hydrogens is 294 g/mol. The van der Waals surface area contributed by atoms with Gasteiger partial charge in [-0.15, -0.1) is 0 Å². The first-order valence-electron chi connectivity index (χ1n) is 10.1. The molecule has 2 unspecified atom stereocenters. The van der Waals surface area contributed by atoms with Crippen LogP contribution in [0.1, 0.15) is 55.3 Å². The lowest BCUT2D eigenvalue weighted by Crippen LogP contribution is -2.49. The summed E-state index contributed by atoms with van der Waals surface area (Å²) in [6, 6.07) is 8.72. The minimum absolute atomic E-state index is 0.573. The second-order valence-electron chi connectivity index (χ2n) is 8.03. The van der Waals surface area contributed by atoms with E-state index in [1.165, 1.54) is 64.7 Å². The van der Waals surface area contributed by atoms with E-state index in [0.29, 0.717) is 6.04 Å². The molecule has 1 aromatic carbocycles. The number of benzene rings is 1. The summed E-state index contributed by atoms with van der Waals surface area (Å²) in [6.45, 7) is 9.60. The summed E-state index contributed by atoms with van der Waals surface area (Å²) in [6.07, 6.45) is 8.07. The van der Waals surface area contributed by atoms with Crippen LogP contribution in [0.3, 0.4) is 0 Å². The lowest BCUT2D eigenvalue weighted by molar-refractivity contribution is 0.0722. The Morgan fingerprint density at radius 3 is 2.71 bits per heavy atom. The standard InChI is InChI=1S/C21H33N3/c1-17-5-2-3-12-24(17)21(16-23-13-10-22-11-14-23)20-9-8-18-6-4-7-19(18)15-20/h8-9,15,17,21-22H,2-7,10-14,16H2,1H3. The number of rotatable bonds is 4. The van der Waals surface area contributed by atoms with Gasteiger partial charge in [-0.1, -0.05) is 24.6 Å². The molecule has 3 aliphatic rings. The van der Waals surface area contributed by atoms with Crippen molar-refractivity contribution in [3.63, 3.8) is 0 Å². The fourth-order valence-electron chi connectivity index (χ4n) is 4.92. The number of fused-ring (bicyclic) bond motifs is 1. The monoisotopic (exact) mass is 327 g/mol. The van der Waals surface area contributed by atoms with E-state index < -0.39 is 0 Å². The lowest BCUT2D eigenvalue weighted by Gasteiger charge is -2.42. The van der Waals surface area contributed by atoms with Gasteiger partial charge >= 0.3 is 0 Å². The average Bonchev–Trinajstić information content (AvgIpc) is 3.09. The molecule has 0 bridgehead atoms. The zero-order valence-corrected chi connectivity index (χ0v) is 15.3. The highest BCUT2D eigenvalue weighted by molar-refractivity contribution is 5.37. The Kier molecular flexibility index (Phi) is 5.21. The Labute approximate surface area is 147 Å². The minimum Gasteiger partial charge on any atom is -0.314 e. The Morgan fingerprint density at radius 2 is 1.88 bits per heavy atom. The fraction of sp³-hybridized carbons (Fsp3) is 0.714. The van der Waals surface area contributed by atoms with Crippen LogP contribution < -0.4 is 5.32 Å². The summed E-state index contributed by atoms with van der Waals surface area (Å²) in [5.74, 6) is 0. The highest BCUT2D eigenvalue weighted by Gasteiger charge is 2.29. The molecule has 2 aliphatic heterocycles. The summed E-state index contributed by atoms with van der Waals surface area (Å²) >= 11 is 0. The van der Waals surface area contributed by atoms with Crippen LogP contribution >= 0.6 is 0 Å². The number of piperidine rings is 1. The van der Waals surface area contributed by atoms with E-state index in [4.69, 9.17) is 0 Å². The van der Waals surface area contributed by atoms with Crippen LogP contribution in [0.15, 0.2) is 18.2 Å². The van der Waals surface area contributed by atoms with Gasteiger partial charge in [0.05, 0.1) is 0 Å². The maximum atomic E-state index is 3.49. The first-order valence-corrected chi connectivity index (χ1v) is 10.1. The van der Waals surface area contributed by atoms with Gasteiger partial charge in [0.2, 0.25) is 0 Å². The molecule has 1 aliphatic carbocycles. The summed E-state index contributed by atoms with van der Waals surface area (Å²) in [5.41, 5.74) is 4.80. The molecule has 3 nitrogen and oxygen atoms in total. The molecule has 0 aromatic heterocycles. The SMILES string of the molecule is CC1CCCCN1C(CN1CCNCC1)c1ccc2c(c1)CCC2. The van der Waals surface area contributed by atoms with Crippen molar-refractivity contribution in [3.8, 4) is 0 Å². The van der Waals surface area contributed by atoms with Gasteiger partial charge in [0.15, 0.2) is 0 Å². The number of piperazine rings is 1. The summed E-state index contributed by atoms with van der Waals surface area (Å²) in [7, 11) is 0. The first kappa shape index (κ1) is 16.6. The molecule has 0 radical (unpaired) electrons. The predicted octanol–water partition coefficient (Wildman–Crippen LogP) is 3.00. The molecule has 4 rings (SSSR count). The van der Waals surface area contributed by atoms with Crippen LogP contribution in [-0.2, 0) is 12.8 Å². The highest BCUT2D eigenvalue weighted by Crippen LogP contribution is 2.32. The van der Waals surface area contributed by atoms with Crippen LogP contribution in [0.25, 0.3) is 0 Å². The van der Waals surface area contributed by atoms with Crippen molar-refractivity contribution in [1.82, 2.24) is 15.1 Å². The van der Waals surface area contributed by atoms with Gasteiger partial charge < -0.3 is 5.32 Å². The average molecular weight is 328 g/mol. The van der Waals surface area contributed by atoms with Gasteiger partial charge in [0, 0.05) is 44.8 Å². The van der Waals surface area contributed by atoms with E-state index in [1.807, 2.05) is 0 Å². The van der Waals surface area contributed by atoms with Crippen LogP contribution in [0.4, 0.5) is 0 Å². The fourth-order valence-corrected chi connectivity index (χ4v) is 4.92. The van der Waals surface area contributed by atoms with Crippen LogP contribution in [0.5, 0.6) is 0 Å². The van der Waals surface area contributed by atoms with Crippen molar-refractivity contribution < 1.29 is 0 Å². The van der Waals surface area contributed by atoms with E-state index >= 15 is 0 Å². The maximum Gasteiger partial charge on any atom is 0.0478 e. The van der Waals surface area contributed by atoms with Crippen LogP contribution in [-0.4, -0.2) is 55.1 Å². The molecule has 0 spiro atoms. The van der Waals surface area contributed by atoms with Crippen LogP contribution in [0, 0.1) is 0 Å². The van der Waals surface area contributed by atoms with E-state index in [0.717, 1.165) is 19.1 Å². The van der Waals surface area contributed by atoms with Gasteiger partial charge in [-0.3, -0.25) is 9.80 Å². The van der Waals surface area contributed by atoms with E-state index in [-0.39, 0.29) is 0 Å². The summed E-state index contributed by atoms with van der Waals surface area (Å²) in [4.78, 5) is 5.48. The highest BCUT2D eigenvalue weighted by atomic mass is 15.3. The molecule has 132 valence electrons. The molecule has 24 heavy (non-hydrogen) atoms. The topological polar surface area (TPSA) is 18.5 Å². The third kappa shape index (κ3) is 3.54. The Hall–Kier alpha value is -0.900. The van der Waals surface area contributed by atoms with Crippen molar-refractivity contribution in [2.24, 2.45) is 0 Å². The summed E-state index contributed by atoms with van der Waals surface area (Å²) < 4.78 is 0. The smallest absolute Gasteiger partial charge is 0.0478 e. The van der Waals surface area contributed by atoms with E-state index in [9.17, 15) is 0 Å². The van der Waals surface area contributed by atoms with Gasteiger partial charge in [-0.05, 0) is 62.3 Å². The van der Waals surface area contributed by atoms with Gasteiger partial charge in [-0.2, -0.15) is 0 Å². The Morgan fingerprint density at radius 1 is 1.04 bits per heavy atom. The van der Waals surface area contributed by atoms with E-state index in [1.54, 1.807) is 16.7 Å². The zero-order valence-electron chi connectivity index (χ0n) is 15.3. The molecule has 0 amide bonds. The van der Waals surface area contributed by atoms with Gasteiger partial charge in [-0.25, -0.2) is 0 Å². The Balaban J connectivity index is 1.58. The molecule has 3 heteroatoms. The van der Waals surface area contributed by atoms with Crippen molar-refractivity contribution in [2.75, 3.05) is 39.3 Å². The van der Waals surface area contributed by atoms with Gasteiger partial charge in [0.1, 0.15) is 0 Å². The molecule has 2 heterocycles. The molecular formula is C21H33N3. The van der Waals surface area contributed by atoms with E-state index in [2.05, 4.69) is 40.2 Å². The molecule has 1 N–H and O–H groups in total. The third-order valence-corrected chi connectivity index (χ3v) is 6.40. The molecule has 0 saturated carbocycles. The third-order valence-electron chi connectivity index (χ3n) is 6.40. The molecule has 2 saturated heterocycles. The van der Waals surface area contributed by atoms with Crippen molar-refractivity contribution >= 4 is 0 Å². The minimum atomic E-state index is 0.573. The zero-order chi connectivity index (χ0) is 16.4. The largest absolute Gasteiger partial charge is 0.314 e. The lowest BCUT2D eigenvalue weighted by atomic mass is 9.94. The maximum absolute atomic E-state index is 3.49. The Bertz CT molecular complexity index is 550. The number of hydrogen-bond donors (Lipinski definition) is 1. The van der Waals surface area contributed by atoms with Crippen molar-refractivity contribution in [1.29, 1.82) is 0 Å². The van der Waals surface area contributed by atoms with Crippen LogP contribution in [0.2, 0.25) is 0 Å². The predicted molar refractivity (Wildman–Crippen MR) is 101 cm³/mol. The van der Waals surface area contributed by atoms with Gasteiger partial charge in [0.25, 0.3) is 0 Å².